The first-order valence-electron chi connectivity index (χ1n) is 7.28. The van der Waals surface area contributed by atoms with Crippen LogP contribution in [0.25, 0.3) is 0 Å². The Labute approximate surface area is 161 Å². The normalized spacial score (nSPS) is 11.9. The molecule has 0 unspecified atom stereocenters. The van der Waals surface area contributed by atoms with Crippen molar-refractivity contribution < 1.29 is 39.6 Å². The van der Waals surface area contributed by atoms with Crippen molar-refractivity contribution in [3.05, 3.63) is 35.4 Å². The van der Waals surface area contributed by atoms with Gasteiger partial charge < -0.3 is 11.5 Å². The van der Waals surface area contributed by atoms with Crippen LogP contribution < -0.4 is 20.5 Å². The van der Waals surface area contributed by atoms with Gasteiger partial charge in [-0.15, -0.1) is 0 Å². The van der Waals surface area contributed by atoms with Crippen molar-refractivity contribution in [3.63, 3.8) is 0 Å². The Hall–Kier alpha value is -2.44. The summed E-state index contributed by atoms with van der Waals surface area (Å²) in [6, 6.07) is 4.00. The van der Waals surface area contributed by atoms with E-state index in [9.17, 15) is 30.5 Å². The first-order chi connectivity index (χ1) is 12.7. The van der Waals surface area contributed by atoms with Gasteiger partial charge in [0.25, 0.3) is 20.2 Å². The Morgan fingerprint density at radius 1 is 0.786 bits per heavy atom. The number of anilines is 2. The van der Waals surface area contributed by atoms with Crippen LogP contribution in [-0.4, -0.2) is 25.9 Å². The Balaban J connectivity index is 2.44. The van der Waals surface area contributed by atoms with Gasteiger partial charge in [0, 0.05) is 28.1 Å². The maximum absolute atomic E-state index is 12.2. The lowest BCUT2D eigenvalue weighted by Gasteiger charge is -2.07. The molecular formula is C14H16N2O9PS2+. The van der Waals surface area contributed by atoms with Crippen LogP contribution in [0.2, 0.25) is 0 Å². The summed E-state index contributed by atoms with van der Waals surface area (Å²) in [4.78, 5) is -1.44. The first-order valence-corrected chi connectivity index (χ1v) is 11.3. The summed E-state index contributed by atoms with van der Waals surface area (Å²) in [5, 5.41) is 0. The van der Waals surface area contributed by atoms with Gasteiger partial charge >= 0.3 is 8.25 Å². The smallest absolute Gasteiger partial charge is 0.398 e. The molecule has 14 heteroatoms. The zero-order valence-electron chi connectivity index (χ0n) is 14.5. The topological polar surface area (TPSA) is 196 Å². The summed E-state index contributed by atoms with van der Waals surface area (Å²) in [5.41, 5.74) is 12.1. The average Bonchev–Trinajstić information content (AvgIpc) is 2.51. The van der Waals surface area contributed by atoms with Gasteiger partial charge in [-0.05, 0) is 37.1 Å². The fraction of sp³-hybridized carbons (Fsp3) is 0.143. The maximum atomic E-state index is 12.2. The predicted molar refractivity (Wildman–Crippen MR) is 99.7 cm³/mol. The van der Waals surface area contributed by atoms with E-state index >= 15 is 0 Å². The predicted octanol–water partition coefficient (Wildman–Crippen LogP) is 2.08. The minimum Gasteiger partial charge on any atom is -0.398 e. The summed E-state index contributed by atoms with van der Waals surface area (Å²) >= 11 is 0. The average molecular weight is 451 g/mol. The van der Waals surface area contributed by atoms with Crippen LogP contribution in [0.5, 0.6) is 11.5 Å². The fourth-order valence-electron chi connectivity index (χ4n) is 2.08. The number of rotatable bonds is 6. The van der Waals surface area contributed by atoms with E-state index in [1.807, 2.05) is 0 Å². The van der Waals surface area contributed by atoms with Gasteiger partial charge in [-0.2, -0.15) is 16.8 Å². The summed E-state index contributed by atoms with van der Waals surface area (Å²) in [7, 11) is -12.7. The highest BCUT2D eigenvalue weighted by Gasteiger charge is 2.33. The van der Waals surface area contributed by atoms with Gasteiger partial charge in [-0.1, -0.05) is 0 Å². The first kappa shape index (κ1) is 21.9. The number of benzene rings is 2. The molecule has 0 aliphatic rings. The van der Waals surface area contributed by atoms with Gasteiger partial charge in [-0.3, -0.25) is 9.11 Å². The van der Waals surface area contributed by atoms with Crippen LogP contribution in [0, 0.1) is 13.8 Å². The van der Waals surface area contributed by atoms with Crippen LogP contribution in [0.4, 0.5) is 11.4 Å². The molecule has 0 radical (unpaired) electrons. The lowest BCUT2D eigenvalue weighted by molar-refractivity contribution is 0.404. The lowest BCUT2D eigenvalue weighted by Crippen LogP contribution is -2.05. The molecule has 0 bridgehead atoms. The molecule has 0 aliphatic heterocycles. The van der Waals surface area contributed by atoms with E-state index in [1.54, 1.807) is 0 Å². The second-order valence-corrected chi connectivity index (χ2v) is 9.26. The largest absolute Gasteiger partial charge is 0.805 e. The maximum Gasteiger partial charge on any atom is 0.805 e. The lowest BCUT2D eigenvalue weighted by atomic mass is 10.2. The highest BCUT2D eigenvalue weighted by molar-refractivity contribution is 7.86. The van der Waals surface area contributed by atoms with Crippen molar-refractivity contribution in [1.29, 1.82) is 0 Å². The molecule has 2 rings (SSSR count). The number of nitrogen functional groups attached to an aromatic ring is 2. The van der Waals surface area contributed by atoms with Crippen LogP contribution in [0.15, 0.2) is 34.1 Å². The van der Waals surface area contributed by atoms with Crippen molar-refractivity contribution in [2.24, 2.45) is 0 Å². The molecule has 0 aliphatic carbocycles. The third-order valence-corrected chi connectivity index (χ3v) is 6.01. The standard InChI is InChI=1S/C14H15N2O9PS2/c1-7-3-13(27(18,19)20)11(5-9(7)15)24-26(17)25-12-6-10(16)8(2)4-14(12)28(21,22)23/h3-6H,15-16H2,1-2H3,(H-,18,19,20,21,22,23)/p+1. The summed E-state index contributed by atoms with van der Waals surface area (Å²) < 4.78 is 86.6. The van der Waals surface area contributed by atoms with Crippen molar-refractivity contribution in [3.8, 4) is 11.5 Å². The molecule has 0 heterocycles. The Morgan fingerprint density at radius 3 is 1.39 bits per heavy atom. The Kier molecular flexibility index (Phi) is 5.87. The minimum absolute atomic E-state index is 0.0732. The third-order valence-electron chi connectivity index (χ3n) is 3.57. The van der Waals surface area contributed by atoms with E-state index in [0.29, 0.717) is 11.1 Å². The second-order valence-electron chi connectivity index (χ2n) is 5.67. The molecule has 0 spiro atoms. The molecule has 0 fully saturated rings. The quantitative estimate of drug-likeness (QED) is 0.285. The SMILES string of the molecule is Cc1cc(S(=O)(=O)O)c(O[P+](=O)Oc2cc(N)c(C)cc2S(=O)(=O)O)cc1N. The fourth-order valence-corrected chi connectivity index (χ4v) is 4.22. The highest BCUT2D eigenvalue weighted by atomic mass is 32.2. The molecule has 0 amide bonds. The molecule has 0 atom stereocenters. The molecule has 0 saturated carbocycles. The van der Waals surface area contributed by atoms with Crippen LogP contribution >= 0.6 is 8.25 Å². The minimum atomic E-state index is -4.76. The van der Waals surface area contributed by atoms with Crippen LogP contribution in [0.1, 0.15) is 11.1 Å². The Morgan fingerprint density at radius 2 is 1.11 bits per heavy atom. The van der Waals surface area contributed by atoms with Crippen LogP contribution in [0.3, 0.4) is 0 Å². The van der Waals surface area contributed by atoms with Crippen molar-refractivity contribution >= 4 is 39.9 Å². The van der Waals surface area contributed by atoms with E-state index in [1.165, 1.54) is 13.8 Å². The number of nitrogens with two attached hydrogens (primary N) is 2. The molecule has 2 aromatic carbocycles. The van der Waals surface area contributed by atoms with Crippen molar-refractivity contribution in [1.82, 2.24) is 0 Å². The molecule has 152 valence electrons. The zero-order chi connectivity index (χ0) is 21.4. The summed E-state index contributed by atoms with van der Waals surface area (Å²) in [6.07, 6.45) is 0. The van der Waals surface area contributed by atoms with Gasteiger partial charge in [-0.25, -0.2) is 9.05 Å². The molecule has 6 N–H and O–H groups in total. The highest BCUT2D eigenvalue weighted by Crippen LogP contribution is 2.39. The number of aryl methyl sites for hydroxylation is 2. The van der Waals surface area contributed by atoms with Gasteiger partial charge in [0.05, 0.1) is 0 Å². The number of hydrogen-bond acceptors (Lipinski definition) is 9. The van der Waals surface area contributed by atoms with Crippen molar-refractivity contribution in [2.75, 3.05) is 11.5 Å². The van der Waals surface area contributed by atoms with Crippen LogP contribution in [-0.2, 0) is 24.8 Å². The molecule has 0 aromatic heterocycles. The van der Waals surface area contributed by atoms with E-state index in [2.05, 4.69) is 0 Å². The van der Waals surface area contributed by atoms with E-state index < -0.39 is 49.8 Å². The summed E-state index contributed by atoms with van der Waals surface area (Å²) in [5.74, 6) is -1.17. The summed E-state index contributed by atoms with van der Waals surface area (Å²) in [6.45, 7) is 2.94. The second kappa shape index (κ2) is 7.53. The van der Waals surface area contributed by atoms with Gasteiger partial charge in [0.1, 0.15) is 9.79 Å². The van der Waals surface area contributed by atoms with E-state index in [4.69, 9.17) is 20.5 Å². The van der Waals surface area contributed by atoms with Gasteiger partial charge in [0.15, 0.2) is 0 Å². The monoisotopic (exact) mass is 451 g/mol. The van der Waals surface area contributed by atoms with Crippen molar-refractivity contribution in [2.45, 2.75) is 23.6 Å². The van der Waals surface area contributed by atoms with E-state index in [-0.39, 0.29) is 11.4 Å². The molecule has 11 nitrogen and oxygen atoms in total. The Bertz CT molecular complexity index is 1090. The molecule has 0 saturated heterocycles. The molecular weight excluding hydrogens is 435 g/mol. The zero-order valence-corrected chi connectivity index (χ0v) is 17.0. The molecule has 2 aromatic rings. The van der Waals surface area contributed by atoms with Gasteiger partial charge in [0.2, 0.25) is 11.5 Å². The number of hydrogen-bond donors (Lipinski definition) is 4. The molecule has 28 heavy (non-hydrogen) atoms. The van der Waals surface area contributed by atoms with E-state index in [0.717, 1.165) is 24.3 Å². The third kappa shape index (κ3) is 4.88.